The number of fused-ring (bicyclic) bond motifs is 1. The zero-order valence-corrected chi connectivity index (χ0v) is 19.5. The second-order valence-corrected chi connectivity index (χ2v) is 9.20. The van der Waals surface area contributed by atoms with Crippen molar-refractivity contribution in [1.29, 1.82) is 0 Å². The van der Waals surface area contributed by atoms with Crippen LogP contribution in [0.15, 0.2) is 48.8 Å². The number of aryl methyl sites for hydroxylation is 1. The predicted molar refractivity (Wildman–Crippen MR) is 127 cm³/mol. The maximum atomic E-state index is 12.6. The van der Waals surface area contributed by atoms with Gasteiger partial charge in [0.15, 0.2) is 11.5 Å². The summed E-state index contributed by atoms with van der Waals surface area (Å²) in [6.45, 7) is 4.84. The third kappa shape index (κ3) is 5.70. The van der Waals surface area contributed by atoms with Crippen LogP contribution in [0.5, 0.6) is 11.5 Å². The van der Waals surface area contributed by atoms with Crippen molar-refractivity contribution in [3.8, 4) is 11.5 Å². The van der Waals surface area contributed by atoms with Gasteiger partial charge in [-0.1, -0.05) is 13.0 Å². The fourth-order valence-electron chi connectivity index (χ4n) is 3.75. The van der Waals surface area contributed by atoms with Crippen molar-refractivity contribution < 1.29 is 19.1 Å². The number of nitrogens with zero attached hydrogens (tertiary/aromatic N) is 1. The molecule has 7 nitrogen and oxygen atoms in total. The molecule has 2 amide bonds. The first-order chi connectivity index (χ1) is 16.0. The van der Waals surface area contributed by atoms with Crippen LogP contribution < -0.4 is 20.3 Å². The van der Waals surface area contributed by atoms with Crippen LogP contribution in [-0.2, 0) is 19.4 Å². The van der Waals surface area contributed by atoms with E-state index in [1.54, 1.807) is 30.6 Å². The number of ether oxygens (including phenoxy) is 2. The molecule has 3 aromatic rings. The number of carbonyl (C=O) groups is 2. The second-order valence-electron chi connectivity index (χ2n) is 8.06. The summed E-state index contributed by atoms with van der Waals surface area (Å²) in [5.74, 6) is 0.883. The van der Waals surface area contributed by atoms with Crippen molar-refractivity contribution >= 4 is 23.2 Å². The molecule has 33 heavy (non-hydrogen) atoms. The Labute approximate surface area is 197 Å². The summed E-state index contributed by atoms with van der Waals surface area (Å²) >= 11 is 1.50. The standard InChI is InChI=1S/C25H27N3O4S/c1-3-31-21-12-18(7-8-20(21)32-15-17-5-4-10-26-14-17)24(29)27-28-25(30)23-13-19-11-16(2)6-9-22(19)33-23/h4-5,7-8,10,12-14,16H,3,6,9,11,15H2,1-2H3,(H,27,29)(H,28,30). The Balaban J connectivity index is 1.38. The Morgan fingerprint density at radius 2 is 1.97 bits per heavy atom. The molecule has 0 saturated heterocycles. The number of hydrogen-bond donors (Lipinski definition) is 2. The molecule has 1 aliphatic rings. The fourth-order valence-corrected chi connectivity index (χ4v) is 4.85. The van der Waals surface area contributed by atoms with E-state index >= 15 is 0 Å². The second kappa shape index (κ2) is 10.5. The molecular formula is C25H27N3O4S. The number of aromatic nitrogens is 1. The lowest BCUT2D eigenvalue weighted by atomic mass is 9.90. The third-order valence-electron chi connectivity index (χ3n) is 5.47. The molecule has 2 aromatic heterocycles. The minimum absolute atomic E-state index is 0.308. The van der Waals surface area contributed by atoms with Crippen molar-refractivity contribution in [2.45, 2.75) is 39.7 Å². The number of hydrazine groups is 1. The first-order valence-electron chi connectivity index (χ1n) is 11.0. The number of thiophene rings is 1. The zero-order valence-electron chi connectivity index (χ0n) is 18.7. The molecule has 4 rings (SSSR count). The normalized spacial score (nSPS) is 14.8. The van der Waals surface area contributed by atoms with E-state index in [1.165, 1.54) is 21.8 Å². The van der Waals surface area contributed by atoms with Crippen LogP contribution in [-0.4, -0.2) is 23.4 Å². The summed E-state index contributed by atoms with van der Waals surface area (Å²) in [4.78, 5) is 31.2. The molecule has 0 spiro atoms. The number of hydrogen-bond acceptors (Lipinski definition) is 6. The Bertz CT molecular complexity index is 1130. The molecule has 8 heteroatoms. The van der Waals surface area contributed by atoms with Gasteiger partial charge in [-0.3, -0.25) is 25.4 Å². The van der Waals surface area contributed by atoms with Gasteiger partial charge in [0, 0.05) is 28.4 Å². The number of carbonyl (C=O) groups excluding carboxylic acids is 2. The summed E-state index contributed by atoms with van der Waals surface area (Å²) < 4.78 is 11.5. The maximum absolute atomic E-state index is 12.6. The van der Waals surface area contributed by atoms with E-state index in [0.29, 0.717) is 41.1 Å². The molecule has 2 heterocycles. The summed E-state index contributed by atoms with van der Waals surface area (Å²) in [7, 11) is 0. The van der Waals surface area contributed by atoms with E-state index in [2.05, 4.69) is 22.8 Å². The van der Waals surface area contributed by atoms with Crippen LogP contribution >= 0.6 is 11.3 Å². The molecule has 1 aliphatic carbocycles. The highest BCUT2D eigenvalue weighted by Gasteiger charge is 2.21. The van der Waals surface area contributed by atoms with E-state index in [1.807, 2.05) is 25.1 Å². The molecule has 0 aliphatic heterocycles. The van der Waals surface area contributed by atoms with Crippen LogP contribution in [0.1, 0.15) is 56.3 Å². The highest BCUT2D eigenvalue weighted by molar-refractivity contribution is 7.14. The molecule has 0 radical (unpaired) electrons. The van der Waals surface area contributed by atoms with Gasteiger partial charge in [-0.25, -0.2) is 0 Å². The SMILES string of the molecule is CCOc1cc(C(=O)NNC(=O)c2cc3c(s2)CCC(C)C3)ccc1OCc1cccnc1. The largest absolute Gasteiger partial charge is 0.490 e. The minimum Gasteiger partial charge on any atom is -0.490 e. The Kier molecular flexibility index (Phi) is 7.24. The number of benzene rings is 1. The lowest BCUT2D eigenvalue weighted by Gasteiger charge is -2.16. The van der Waals surface area contributed by atoms with E-state index in [9.17, 15) is 9.59 Å². The molecule has 1 atom stereocenters. The van der Waals surface area contributed by atoms with Gasteiger partial charge in [0.25, 0.3) is 11.8 Å². The first kappa shape index (κ1) is 22.8. The van der Waals surface area contributed by atoms with E-state index in [-0.39, 0.29) is 5.91 Å². The molecule has 1 aromatic carbocycles. The zero-order chi connectivity index (χ0) is 23.2. The van der Waals surface area contributed by atoms with Gasteiger partial charge in [-0.05, 0) is 68.0 Å². The maximum Gasteiger partial charge on any atom is 0.279 e. The van der Waals surface area contributed by atoms with Gasteiger partial charge >= 0.3 is 0 Å². The van der Waals surface area contributed by atoms with Gasteiger partial charge < -0.3 is 9.47 Å². The molecule has 2 N–H and O–H groups in total. The van der Waals surface area contributed by atoms with Gasteiger partial charge in [-0.2, -0.15) is 0 Å². The highest BCUT2D eigenvalue weighted by atomic mass is 32.1. The van der Waals surface area contributed by atoms with E-state index in [4.69, 9.17) is 9.47 Å². The fraction of sp³-hybridized carbons (Fsp3) is 0.320. The minimum atomic E-state index is -0.432. The molecule has 172 valence electrons. The summed E-state index contributed by atoms with van der Waals surface area (Å²) in [6.07, 6.45) is 6.59. The molecular weight excluding hydrogens is 438 g/mol. The Morgan fingerprint density at radius 3 is 2.76 bits per heavy atom. The van der Waals surface area contributed by atoms with Crippen molar-refractivity contribution in [3.05, 3.63) is 75.2 Å². The highest BCUT2D eigenvalue weighted by Crippen LogP contribution is 2.32. The quantitative estimate of drug-likeness (QED) is 0.507. The van der Waals surface area contributed by atoms with Gasteiger partial charge in [0.1, 0.15) is 6.61 Å². The Morgan fingerprint density at radius 1 is 1.12 bits per heavy atom. The lowest BCUT2D eigenvalue weighted by Crippen LogP contribution is -2.41. The summed E-state index contributed by atoms with van der Waals surface area (Å²) in [6, 6.07) is 10.6. The van der Waals surface area contributed by atoms with Crippen LogP contribution in [0.25, 0.3) is 0 Å². The van der Waals surface area contributed by atoms with Crippen molar-refractivity contribution in [1.82, 2.24) is 15.8 Å². The monoisotopic (exact) mass is 465 g/mol. The van der Waals surface area contributed by atoms with Crippen LogP contribution in [0.4, 0.5) is 0 Å². The van der Waals surface area contributed by atoms with Gasteiger partial charge in [0.2, 0.25) is 0 Å². The molecule has 1 unspecified atom stereocenters. The van der Waals surface area contributed by atoms with Crippen molar-refractivity contribution in [3.63, 3.8) is 0 Å². The Hall–Kier alpha value is -3.39. The van der Waals surface area contributed by atoms with Crippen LogP contribution in [0.2, 0.25) is 0 Å². The van der Waals surface area contributed by atoms with Gasteiger partial charge in [-0.15, -0.1) is 11.3 Å². The predicted octanol–water partition coefficient (Wildman–Crippen LogP) is 4.32. The first-order valence-corrected chi connectivity index (χ1v) is 11.9. The number of nitrogens with one attached hydrogen (secondary N) is 2. The third-order valence-corrected chi connectivity index (χ3v) is 6.70. The lowest BCUT2D eigenvalue weighted by molar-refractivity contribution is 0.0848. The van der Waals surface area contributed by atoms with E-state index < -0.39 is 5.91 Å². The summed E-state index contributed by atoms with van der Waals surface area (Å²) in [5, 5.41) is 0. The topological polar surface area (TPSA) is 89.6 Å². The van der Waals surface area contributed by atoms with Gasteiger partial charge in [0.05, 0.1) is 11.5 Å². The van der Waals surface area contributed by atoms with Crippen LogP contribution in [0.3, 0.4) is 0 Å². The average molecular weight is 466 g/mol. The molecule has 0 bridgehead atoms. The molecule has 0 saturated carbocycles. The van der Waals surface area contributed by atoms with Crippen molar-refractivity contribution in [2.75, 3.05) is 6.61 Å². The number of rotatable bonds is 7. The molecule has 0 fully saturated rings. The van der Waals surface area contributed by atoms with E-state index in [0.717, 1.165) is 24.8 Å². The van der Waals surface area contributed by atoms with Crippen molar-refractivity contribution in [2.24, 2.45) is 5.92 Å². The van der Waals surface area contributed by atoms with Crippen LogP contribution in [0, 0.1) is 5.92 Å². The number of pyridine rings is 1. The number of amides is 2. The average Bonchev–Trinajstić information content (AvgIpc) is 3.25. The summed E-state index contributed by atoms with van der Waals surface area (Å²) in [5.41, 5.74) is 7.55. The smallest absolute Gasteiger partial charge is 0.279 e.